The van der Waals surface area contributed by atoms with Crippen LogP contribution >= 0.6 is 34.4 Å². The van der Waals surface area contributed by atoms with Gasteiger partial charge >= 0.3 is 10.1 Å². The number of thioether (sulfide) groups is 1. The molecule has 0 bridgehead atoms. The van der Waals surface area contributed by atoms with E-state index in [4.69, 9.17) is 4.18 Å². The average molecular weight is 576 g/mol. The van der Waals surface area contributed by atoms with E-state index in [1.807, 2.05) is 31.2 Å². The van der Waals surface area contributed by atoms with Crippen molar-refractivity contribution in [2.45, 2.75) is 11.8 Å². The number of aliphatic imine (C=N–C) groups is 1. The molecule has 0 atom stereocenters. The predicted molar refractivity (Wildman–Crippen MR) is 135 cm³/mol. The second-order valence-electron chi connectivity index (χ2n) is 6.85. The van der Waals surface area contributed by atoms with E-state index in [1.54, 1.807) is 42.5 Å². The van der Waals surface area contributed by atoms with E-state index in [-0.39, 0.29) is 16.6 Å². The molecule has 1 saturated heterocycles. The summed E-state index contributed by atoms with van der Waals surface area (Å²) in [5, 5.41) is 3.19. The molecular formula is C23H17IN2O4S2. The second-order valence-corrected chi connectivity index (χ2v) is 10.7. The number of carbonyl (C=O) groups excluding carboxylic acids is 1. The van der Waals surface area contributed by atoms with Gasteiger partial charge in [0.05, 0.1) is 10.6 Å². The largest absolute Gasteiger partial charge is 0.378 e. The van der Waals surface area contributed by atoms with Crippen LogP contribution < -0.4 is 9.50 Å². The Morgan fingerprint density at radius 2 is 1.78 bits per heavy atom. The number of carbonyl (C=O) groups is 1. The van der Waals surface area contributed by atoms with Crippen molar-refractivity contribution in [2.24, 2.45) is 4.99 Å². The van der Waals surface area contributed by atoms with E-state index in [1.165, 1.54) is 23.9 Å². The molecule has 1 aliphatic heterocycles. The number of hydrogen-bond donors (Lipinski definition) is 1. The highest BCUT2D eigenvalue weighted by Crippen LogP contribution is 2.32. The molecule has 3 aromatic rings. The van der Waals surface area contributed by atoms with Crippen molar-refractivity contribution in [2.75, 3.05) is 0 Å². The maximum absolute atomic E-state index is 12.7. The number of rotatable bonds is 5. The molecule has 32 heavy (non-hydrogen) atoms. The Kier molecular flexibility index (Phi) is 6.68. The fourth-order valence-electron chi connectivity index (χ4n) is 2.83. The van der Waals surface area contributed by atoms with Gasteiger partial charge in [0.15, 0.2) is 5.17 Å². The van der Waals surface area contributed by atoms with E-state index < -0.39 is 10.1 Å². The van der Waals surface area contributed by atoms with Crippen molar-refractivity contribution >= 4 is 67.3 Å². The fourth-order valence-corrected chi connectivity index (χ4v) is 5.14. The minimum absolute atomic E-state index is 0.0606. The lowest BCUT2D eigenvalue weighted by molar-refractivity contribution is -0.115. The highest BCUT2D eigenvalue weighted by molar-refractivity contribution is 14.1. The Hall–Kier alpha value is -2.63. The standard InChI is InChI=1S/C23H17IN2O4S2/c1-15-9-11-19(12-10-15)32(28,29)30-20-8-3-2-5-16(20)13-21-22(27)26-23(31-21)25-18-7-4-6-17(24)14-18/h2-14H,1H3,(H,25,26,27)/b21-13+. The monoisotopic (exact) mass is 576 g/mol. The number of halogens is 1. The Bertz CT molecular complexity index is 1350. The molecule has 0 radical (unpaired) electrons. The van der Waals surface area contributed by atoms with Gasteiger partial charge in [0, 0.05) is 9.13 Å². The molecule has 1 heterocycles. The molecule has 4 rings (SSSR count). The predicted octanol–water partition coefficient (Wildman–Crippen LogP) is 5.26. The first-order valence-electron chi connectivity index (χ1n) is 9.45. The number of amidine groups is 1. The van der Waals surface area contributed by atoms with E-state index in [0.29, 0.717) is 15.6 Å². The third-order valence-electron chi connectivity index (χ3n) is 4.40. The lowest BCUT2D eigenvalue weighted by Crippen LogP contribution is -2.19. The van der Waals surface area contributed by atoms with Crippen molar-refractivity contribution in [3.63, 3.8) is 0 Å². The third-order valence-corrected chi connectivity index (χ3v) is 7.23. The summed E-state index contributed by atoms with van der Waals surface area (Å²) in [6, 6.07) is 20.7. The van der Waals surface area contributed by atoms with E-state index >= 15 is 0 Å². The van der Waals surface area contributed by atoms with Crippen LogP contribution in [0.4, 0.5) is 5.69 Å². The molecule has 9 heteroatoms. The van der Waals surface area contributed by atoms with Gasteiger partial charge < -0.3 is 9.50 Å². The molecule has 1 aliphatic rings. The van der Waals surface area contributed by atoms with E-state index in [0.717, 1.165) is 14.8 Å². The molecule has 0 spiro atoms. The highest BCUT2D eigenvalue weighted by Gasteiger charge is 2.25. The number of benzene rings is 3. The van der Waals surface area contributed by atoms with Crippen LogP contribution in [0.1, 0.15) is 11.1 Å². The molecular weight excluding hydrogens is 559 g/mol. The first kappa shape index (κ1) is 22.6. The molecule has 162 valence electrons. The quantitative estimate of drug-likeness (QED) is 0.255. The van der Waals surface area contributed by atoms with Gasteiger partial charge in [-0.15, -0.1) is 0 Å². The molecule has 3 aromatic carbocycles. The Morgan fingerprint density at radius 3 is 2.53 bits per heavy atom. The minimum atomic E-state index is -4.02. The molecule has 0 aromatic heterocycles. The number of nitrogens with one attached hydrogen (secondary N) is 1. The number of hydrogen-bond acceptors (Lipinski definition) is 6. The first-order valence-corrected chi connectivity index (χ1v) is 12.8. The summed E-state index contributed by atoms with van der Waals surface area (Å²) in [6.45, 7) is 1.87. The molecule has 0 saturated carbocycles. The summed E-state index contributed by atoms with van der Waals surface area (Å²) in [5.41, 5.74) is 2.14. The van der Waals surface area contributed by atoms with Gasteiger partial charge in [0.1, 0.15) is 10.6 Å². The topological polar surface area (TPSA) is 84.8 Å². The van der Waals surface area contributed by atoms with Gasteiger partial charge in [-0.1, -0.05) is 42.0 Å². The second kappa shape index (κ2) is 9.47. The third kappa shape index (κ3) is 5.40. The van der Waals surface area contributed by atoms with Crippen molar-refractivity contribution in [1.82, 2.24) is 5.32 Å². The Morgan fingerprint density at radius 1 is 1.03 bits per heavy atom. The number of aryl methyl sites for hydroxylation is 1. The van der Waals surface area contributed by atoms with Gasteiger partial charge in [0.2, 0.25) is 0 Å². The van der Waals surface area contributed by atoms with Crippen LogP contribution in [0.5, 0.6) is 5.75 Å². The van der Waals surface area contributed by atoms with Crippen LogP contribution in [-0.4, -0.2) is 19.5 Å². The van der Waals surface area contributed by atoms with Crippen LogP contribution in [0, 0.1) is 10.5 Å². The first-order chi connectivity index (χ1) is 15.3. The van der Waals surface area contributed by atoms with Crippen LogP contribution in [0.3, 0.4) is 0 Å². The van der Waals surface area contributed by atoms with E-state index in [9.17, 15) is 13.2 Å². The number of amides is 1. The van der Waals surface area contributed by atoms with E-state index in [2.05, 4.69) is 32.9 Å². The summed E-state index contributed by atoms with van der Waals surface area (Å²) in [6.07, 6.45) is 1.59. The zero-order chi connectivity index (χ0) is 22.7. The maximum atomic E-state index is 12.7. The number of para-hydroxylation sites is 1. The van der Waals surface area contributed by atoms with Gasteiger partial charge in [-0.2, -0.15) is 8.42 Å². The summed E-state index contributed by atoms with van der Waals surface area (Å²) in [4.78, 5) is 17.4. The van der Waals surface area contributed by atoms with Gasteiger partial charge in [0.25, 0.3) is 5.91 Å². The molecule has 6 nitrogen and oxygen atoms in total. The molecule has 1 amide bonds. The summed E-state index contributed by atoms with van der Waals surface area (Å²) >= 11 is 3.38. The van der Waals surface area contributed by atoms with Crippen LogP contribution in [0.2, 0.25) is 0 Å². The molecule has 0 aliphatic carbocycles. The summed E-state index contributed by atoms with van der Waals surface area (Å²) in [5.74, 6) is -0.174. The average Bonchev–Trinajstić information content (AvgIpc) is 3.08. The normalized spacial score (nSPS) is 16.4. The Balaban J connectivity index is 1.60. The molecule has 0 unspecified atom stereocenters. The smallest absolute Gasteiger partial charge is 0.339 e. The van der Waals surface area contributed by atoms with Crippen LogP contribution in [0.25, 0.3) is 6.08 Å². The SMILES string of the molecule is Cc1ccc(S(=O)(=O)Oc2ccccc2/C=C2/SC(=Nc3cccc(I)c3)NC2=O)cc1. The van der Waals surface area contributed by atoms with Crippen molar-refractivity contribution < 1.29 is 17.4 Å². The minimum Gasteiger partial charge on any atom is -0.378 e. The van der Waals surface area contributed by atoms with Gasteiger partial charge in [-0.05, 0) is 83.8 Å². The van der Waals surface area contributed by atoms with Crippen molar-refractivity contribution in [1.29, 1.82) is 0 Å². The fraction of sp³-hybridized carbons (Fsp3) is 0.0435. The maximum Gasteiger partial charge on any atom is 0.339 e. The zero-order valence-electron chi connectivity index (χ0n) is 16.8. The van der Waals surface area contributed by atoms with Crippen LogP contribution in [-0.2, 0) is 14.9 Å². The summed E-state index contributed by atoms with van der Waals surface area (Å²) < 4.78 is 31.8. The van der Waals surface area contributed by atoms with Gasteiger partial charge in [-0.25, -0.2) is 4.99 Å². The lowest BCUT2D eigenvalue weighted by atomic mass is 10.2. The van der Waals surface area contributed by atoms with Crippen LogP contribution in [0.15, 0.2) is 87.6 Å². The van der Waals surface area contributed by atoms with Crippen molar-refractivity contribution in [3.8, 4) is 5.75 Å². The zero-order valence-corrected chi connectivity index (χ0v) is 20.6. The molecule has 1 N–H and O–H groups in total. The molecule has 1 fully saturated rings. The van der Waals surface area contributed by atoms with Crippen molar-refractivity contribution in [3.05, 3.63) is 92.4 Å². The number of nitrogens with zero attached hydrogens (tertiary/aromatic N) is 1. The lowest BCUT2D eigenvalue weighted by Gasteiger charge is -2.10. The highest BCUT2D eigenvalue weighted by atomic mass is 127. The summed E-state index contributed by atoms with van der Waals surface area (Å²) in [7, 11) is -4.02. The Labute approximate surface area is 204 Å². The van der Waals surface area contributed by atoms with Gasteiger partial charge in [-0.3, -0.25) is 4.79 Å².